The Kier molecular flexibility index (Phi) is 2.15. The molecule has 3 heterocycles. The van der Waals surface area contributed by atoms with Crippen LogP contribution in [0, 0.1) is 0 Å². The molecule has 0 radical (unpaired) electrons. The molecule has 0 unspecified atom stereocenters. The standard InChI is InChI=1S/C11H11N5O/c1-12-7-15-9-4-6-14-16(9)11(17)8-3-2-5-13-10(8)15/h2-6,12H,7H2,1H3. The van der Waals surface area contributed by atoms with E-state index in [1.807, 2.05) is 11.6 Å². The maximum Gasteiger partial charge on any atom is 0.283 e. The molecular formula is C11H11N5O. The van der Waals surface area contributed by atoms with Crippen LogP contribution in [0.1, 0.15) is 0 Å². The van der Waals surface area contributed by atoms with Crippen molar-refractivity contribution in [2.75, 3.05) is 7.05 Å². The van der Waals surface area contributed by atoms with Crippen molar-refractivity contribution in [3.63, 3.8) is 0 Å². The first-order chi connectivity index (χ1) is 8.33. The number of aromatic nitrogens is 4. The Morgan fingerprint density at radius 3 is 3.06 bits per heavy atom. The normalized spacial score (nSPS) is 11.4. The Bertz CT molecular complexity index is 742. The van der Waals surface area contributed by atoms with Gasteiger partial charge >= 0.3 is 0 Å². The molecule has 0 amide bonds. The second kappa shape index (κ2) is 3.67. The van der Waals surface area contributed by atoms with Gasteiger partial charge in [0.2, 0.25) is 0 Å². The third-order valence-electron chi connectivity index (χ3n) is 2.68. The predicted octanol–water partition coefficient (Wildman–Crippen LogP) is 0.221. The minimum Gasteiger partial charge on any atom is -0.303 e. The lowest BCUT2D eigenvalue weighted by Crippen LogP contribution is -2.23. The fourth-order valence-electron chi connectivity index (χ4n) is 1.97. The largest absolute Gasteiger partial charge is 0.303 e. The van der Waals surface area contributed by atoms with Crippen LogP contribution in [-0.4, -0.2) is 26.2 Å². The average Bonchev–Trinajstić information content (AvgIpc) is 2.84. The van der Waals surface area contributed by atoms with Crippen molar-refractivity contribution in [3.8, 4) is 0 Å². The highest BCUT2D eigenvalue weighted by atomic mass is 16.1. The average molecular weight is 229 g/mol. The van der Waals surface area contributed by atoms with Gasteiger partial charge in [-0.05, 0) is 19.2 Å². The third-order valence-corrected chi connectivity index (χ3v) is 2.68. The van der Waals surface area contributed by atoms with Crippen molar-refractivity contribution in [1.82, 2.24) is 24.5 Å². The van der Waals surface area contributed by atoms with Crippen molar-refractivity contribution in [3.05, 3.63) is 40.9 Å². The summed E-state index contributed by atoms with van der Waals surface area (Å²) < 4.78 is 3.31. The van der Waals surface area contributed by atoms with E-state index in [4.69, 9.17) is 0 Å². The Labute approximate surface area is 96.5 Å². The molecule has 3 rings (SSSR count). The Morgan fingerprint density at radius 1 is 1.35 bits per heavy atom. The van der Waals surface area contributed by atoms with Crippen LogP contribution < -0.4 is 10.9 Å². The summed E-state index contributed by atoms with van der Waals surface area (Å²) >= 11 is 0. The van der Waals surface area contributed by atoms with Crippen molar-refractivity contribution in [1.29, 1.82) is 0 Å². The molecule has 0 aromatic carbocycles. The van der Waals surface area contributed by atoms with Gasteiger partial charge in [0, 0.05) is 12.3 Å². The maximum atomic E-state index is 12.1. The lowest BCUT2D eigenvalue weighted by atomic mass is 10.3. The Morgan fingerprint density at radius 2 is 2.24 bits per heavy atom. The monoisotopic (exact) mass is 229 g/mol. The van der Waals surface area contributed by atoms with E-state index in [0.717, 1.165) is 5.65 Å². The van der Waals surface area contributed by atoms with Gasteiger partial charge in [-0.25, -0.2) is 4.98 Å². The first-order valence-corrected chi connectivity index (χ1v) is 5.29. The smallest absolute Gasteiger partial charge is 0.283 e. The molecule has 0 aliphatic heterocycles. The molecule has 0 fully saturated rings. The van der Waals surface area contributed by atoms with Gasteiger partial charge in [-0.1, -0.05) is 0 Å². The minimum atomic E-state index is -0.138. The number of pyridine rings is 1. The molecule has 6 nitrogen and oxygen atoms in total. The zero-order valence-electron chi connectivity index (χ0n) is 9.29. The first kappa shape index (κ1) is 9.98. The molecule has 17 heavy (non-hydrogen) atoms. The number of rotatable bonds is 2. The summed E-state index contributed by atoms with van der Waals surface area (Å²) in [5.41, 5.74) is 1.26. The highest BCUT2D eigenvalue weighted by Gasteiger charge is 2.10. The van der Waals surface area contributed by atoms with Crippen LogP contribution in [0.15, 0.2) is 35.4 Å². The highest BCUT2D eigenvalue weighted by molar-refractivity contribution is 5.76. The molecule has 0 saturated carbocycles. The number of fused-ring (bicyclic) bond motifs is 2. The van der Waals surface area contributed by atoms with Crippen LogP contribution in [0.2, 0.25) is 0 Å². The van der Waals surface area contributed by atoms with Crippen LogP contribution in [0.5, 0.6) is 0 Å². The van der Waals surface area contributed by atoms with E-state index in [0.29, 0.717) is 17.7 Å². The van der Waals surface area contributed by atoms with Crippen molar-refractivity contribution in [2.24, 2.45) is 0 Å². The third kappa shape index (κ3) is 1.34. The molecule has 0 saturated heterocycles. The predicted molar refractivity (Wildman–Crippen MR) is 63.8 cm³/mol. The van der Waals surface area contributed by atoms with Crippen molar-refractivity contribution >= 4 is 16.7 Å². The Hall–Kier alpha value is -2.21. The van der Waals surface area contributed by atoms with Gasteiger partial charge in [0.25, 0.3) is 5.56 Å². The van der Waals surface area contributed by atoms with Gasteiger partial charge in [0.1, 0.15) is 11.3 Å². The van der Waals surface area contributed by atoms with E-state index >= 15 is 0 Å². The quantitative estimate of drug-likeness (QED) is 0.682. The second-order valence-corrected chi connectivity index (χ2v) is 3.72. The van der Waals surface area contributed by atoms with Gasteiger partial charge in [0.05, 0.1) is 18.3 Å². The molecule has 0 aliphatic carbocycles. The SMILES string of the molecule is CNCn1c2ncccc2c(=O)n2nccc12. The van der Waals surface area contributed by atoms with Crippen LogP contribution in [-0.2, 0) is 6.67 Å². The first-order valence-electron chi connectivity index (χ1n) is 5.29. The van der Waals surface area contributed by atoms with Crippen molar-refractivity contribution in [2.45, 2.75) is 6.67 Å². The zero-order valence-corrected chi connectivity index (χ0v) is 9.29. The van der Waals surface area contributed by atoms with Gasteiger partial charge in [0.15, 0.2) is 0 Å². The number of nitrogens with zero attached hydrogens (tertiary/aromatic N) is 4. The number of hydrogen-bond acceptors (Lipinski definition) is 4. The van der Waals surface area contributed by atoms with E-state index in [9.17, 15) is 4.79 Å². The zero-order chi connectivity index (χ0) is 11.8. The van der Waals surface area contributed by atoms with E-state index in [1.54, 1.807) is 30.6 Å². The highest BCUT2D eigenvalue weighted by Crippen LogP contribution is 2.10. The molecular weight excluding hydrogens is 218 g/mol. The van der Waals surface area contributed by atoms with Crippen LogP contribution in [0.3, 0.4) is 0 Å². The summed E-state index contributed by atoms with van der Waals surface area (Å²) in [7, 11) is 1.85. The molecule has 0 spiro atoms. The minimum absolute atomic E-state index is 0.138. The van der Waals surface area contributed by atoms with E-state index < -0.39 is 0 Å². The lowest BCUT2D eigenvalue weighted by Gasteiger charge is -2.10. The molecule has 0 bridgehead atoms. The van der Waals surface area contributed by atoms with Crippen LogP contribution in [0.25, 0.3) is 16.7 Å². The summed E-state index contributed by atoms with van der Waals surface area (Å²) in [6.07, 6.45) is 3.29. The topological polar surface area (TPSA) is 64.2 Å². The summed E-state index contributed by atoms with van der Waals surface area (Å²) in [4.78, 5) is 16.4. The molecule has 6 heteroatoms. The molecule has 0 aliphatic rings. The van der Waals surface area contributed by atoms with E-state index in [2.05, 4.69) is 15.4 Å². The molecule has 1 N–H and O–H groups in total. The summed E-state index contributed by atoms with van der Waals surface area (Å²) in [5, 5.41) is 7.66. The molecule has 0 atom stereocenters. The number of nitrogens with one attached hydrogen (secondary N) is 1. The summed E-state index contributed by atoms with van der Waals surface area (Å²) in [5.74, 6) is 0. The van der Waals surface area contributed by atoms with Crippen molar-refractivity contribution < 1.29 is 0 Å². The summed E-state index contributed by atoms with van der Waals surface area (Å²) in [6.45, 7) is 0.572. The fraction of sp³-hybridized carbons (Fsp3) is 0.182. The molecule has 86 valence electrons. The van der Waals surface area contributed by atoms with Gasteiger partial charge in [-0.15, -0.1) is 0 Å². The maximum absolute atomic E-state index is 12.1. The van der Waals surface area contributed by atoms with Gasteiger partial charge in [-0.2, -0.15) is 9.61 Å². The fourth-order valence-corrected chi connectivity index (χ4v) is 1.97. The van der Waals surface area contributed by atoms with E-state index in [1.165, 1.54) is 4.52 Å². The van der Waals surface area contributed by atoms with E-state index in [-0.39, 0.29) is 5.56 Å². The Balaban J connectivity index is 2.57. The number of hydrogen-bond donors (Lipinski definition) is 1. The van der Waals surface area contributed by atoms with Gasteiger partial charge < -0.3 is 5.32 Å². The van der Waals surface area contributed by atoms with Crippen LogP contribution >= 0.6 is 0 Å². The second-order valence-electron chi connectivity index (χ2n) is 3.72. The lowest BCUT2D eigenvalue weighted by molar-refractivity contribution is 0.631. The molecule has 3 aromatic rings. The summed E-state index contributed by atoms with van der Waals surface area (Å²) in [6, 6.07) is 5.31. The van der Waals surface area contributed by atoms with Gasteiger partial charge in [-0.3, -0.25) is 9.36 Å². The van der Waals surface area contributed by atoms with Crippen LogP contribution in [0.4, 0.5) is 0 Å². The molecule has 3 aromatic heterocycles.